The number of benzene rings is 1. The fourth-order valence-corrected chi connectivity index (χ4v) is 1.69. The van der Waals surface area contributed by atoms with Crippen molar-refractivity contribution in [2.75, 3.05) is 0 Å². The van der Waals surface area contributed by atoms with Gasteiger partial charge in [0.15, 0.2) is 0 Å². The number of hydrogen-bond acceptors (Lipinski definition) is 2. The maximum atomic E-state index is 13.6. The lowest BCUT2D eigenvalue weighted by Crippen LogP contribution is -2.49. The van der Waals surface area contributed by atoms with Crippen molar-refractivity contribution < 1.29 is 19.1 Å². The monoisotopic (exact) mass is 287 g/mol. The molecule has 19 heavy (non-hydrogen) atoms. The molecule has 0 saturated carbocycles. The van der Waals surface area contributed by atoms with Gasteiger partial charge in [-0.25, -0.2) is 9.18 Å². The second-order valence-electron chi connectivity index (χ2n) is 5.23. The maximum absolute atomic E-state index is 13.6. The third kappa shape index (κ3) is 3.92. The number of amides is 1. The van der Waals surface area contributed by atoms with Crippen molar-refractivity contribution in [3.63, 3.8) is 0 Å². The molecule has 0 aliphatic rings. The zero-order valence-electron chi connectivity index (χ0n) is 10.8. The molecule has 0 bridgehead atoms. The van der Waals surface area contributed by atoms with E-state index >= 15 is 0 Å². The van der Waals surface area contributed by atoms with Gasteiger partial charge >= 0.3 is 5.97 Å². The van der Waals surface area contributed by atoms with Crippen LogP contribution in [0.15, 0.2) is 18.2 Å². The van der Waals surface area contributed by atoms with Crippen LogP contribution in [0.3, 0.4) is 0 Å². The Kier molecular flexibility index (Phi) is 4.52. The Morgan fingerprint density at radius 2 is 1.95 bits per heavy atom. The molecular weight excluding hydrogens is 273 g/mol. The Balaban J connectivity index is 2.98. The van der Waals surface area contributed by atoms with Gasteiger partial charge in [-0.15, -0.1) is 0 Å². The second-order valence-corrected chi connectivity index (χ2v) is 5.67. The molecule has 4 nitrogen and oxygen atoms in total. The van der Waals surface area contributed by atoms with Crippen LogP contribution < -0.4 is 5.32 Å². The first-order valence-electron chi connectivity index (χ1n) is 5.61. The van der Waals surface area contributed by atoms with Crippen molar-refractivity contribution in [2.24, 2.45) is 5.41 Å². The zero-order valence-corrected chi connectivity index (χ0v) is 11.6. The maximum Gasteiger partial charge on any atom is 0.326 e. The van der Waals surface area contributed by atoms with Crippen LogP contribution in [0.2, 0.25) is 5.02 Å². The first-order chi connectivity index (χ1) is 8.62. The van der Waals surface area contributed by atoms with Gasteiger partial charge in [0.25, 0.3) is 5.91 Å². The number of nitrogens with one attached hydrogen (secondary N) is 1. The average Bonchev–Trinajstić information content (AvgIpc) is 2.23. The van der Waals surface area contributed by atoms with E-state index in [1.807, 2.05) is 0 Å². The third-order valence-electron chi connectivity index (χ3n) is 2.56. The van der Waals surface area contributed by atoms with E-state index in [9.17, 15) is 14.0 Å². The number of carboxylic acid groups (broad SMARTS) is 1. The Hall–Kier alpha value is -1.62. The minimum atomic E-state index is -1.17. The van der Waals surface area contributed by atoms with Gasteiger partial charge in [-0.2, -0.15) is 0 Å². The highest BCUT2D eigenvalue weighted by Gasteiger charge is 2.33. The van der Waals surface area contributed by atoms with Crippen molar-refractivity contribution in [1.29, 1.82) is 0 Å². The van der Waals surface area contributed by atoms with Crippen molar-refractivity contribution in [2.45, 2.75) is 26.8 Å². The number of halogens is 2. The molecule has 0 aliphatic heterocycles. The molecule has 2 N–H and O–H groups in total. The van der Waals surface area contributed by atoms with Gasteiger partial charge in [0.2, 0.25) is 0 Å². The molecule has 0 heterocycles. The fraction of sp³-hybridized carbons (Fsp3) is 0.385. The summed E-state index contributed by atoms with van der Waals surface area (Å²) in [7, 11) is 0. The van der Waals surface area contributed by atoms with Crippen LogP contribution in [0, 0.1) is 11.2 Å². The summed E-state index contributed by atoms with van der Waals surface area (Å²) >= 11 is 5.58. The predicted octanol–water partition coefficient (Wildman–Crippen LogP) is 2.71. The van der Waals surface area contributed by atoms with Crippen LogP contribution in [-0.2, 0) is 4.79 Å². The summed E-state index contributed by atoms with van der Waals surface area (Å²) < 4.78 is 13.6. The quantitative estimate of drug-likeness (QED) is 0.898. The molecule has 0 saturated heterocycles. The second kappa shape index (κ2) is 5.57. The Morgan fingerprint density at radius 3 is 2.37 bits per heavy atom. The van der Waals surface area contributed by atoms with E-state index in [2.05, 4.69) is 5.32 Å². The molecule has 0 aliphatic carbocycles. The Morgan fingerprint density at radius 1 is 1.37 bits per heavy atom. The van der Waals surface area contributed by atoms with Gasteiger partial charge in [-0.1, -0.05) is 32.4 Å². The first-order valence-corrected chi connectivity index (χ1v) is 5.99. The molecule has 1 aromatic rings. The predicted molar refractivity (Wildman–Crippen MR) is 69.8 cm³/mol. The fourth-order valence-electron chi connectivity index (χ4n) is 1.53. The normalized spacial score (nSPS) is 12.9. The molecular formula is C13H15ClFNO3. The van der Waals surface area contributed by atoms with Gasteiger partial charge < -0.3 is 10.4 Å². The van der Waals surface area contributed by atoms with E-state index in [1.54, 1.807) is 20.8 Å². The van der Waals surface area contributed by atoms with E-state index < -0.39 is 29.2 Å². The largest absolute Gasteiger partial charge is 0.480 e. The summed E-state index contributed by atoms with van der Waals surface area (Å²) in [6, 6.07) is 2.47. The number of carbonyl (C=O) groups excluding carboxylic acids is 1. The molecule has 1 rings (SSSR count). The third-order valence-corrected chi connectivity index (χ3v) is 2.80. The number of aliphatic carboxylic acids is 1. The zero-order chi connectivity index (χ0) is 14.8. The van der Waals surface area contributed by atoms with Gasteiger partial charge in [0, 0.05) is 5.02 Å². The van der Waals surface area contributed by atoms with Crippen LogP contribution in [-0.4, -0.2) is 23.0 Å². The number of carboxylic acids is 1. The number of rotatable bonds is 3. The molecule has 0 radical (unpaired) electrons. The Bertz CT molecular complexity index is 511. The van der Waals surface area contributed by atoms with Crippen LogP contribution in [0.25, 0.3) is 0 Å². The highest BCUT2D eigenvalue weighted by molar-refractivity contribution is 6.30. The van der Waals surface area contributed by atoms with E-state index in [4.69, 9.17) is 16.7 Å². The molecule has 6 heteroatoms. The number of carbonyl (C=O) groups is 2. The van der Waals surface area contributed by atoms with Crippen LogP contribution in [0.5, 0.6) is 0 Å². The molecule has 1 atom stereocenters. The lowest BCUT2D eigenvalue weighted by molar-refractivity contribution is -0.142. The summed E-state index contributed by atoms with van der Waals surface area (Å²) in [5.74, 6) is -2.74. The summed E-state index contributed by atoms with van der Waals surface area (Å²) in [5.41, 5.74) is -0.926. The standard InChI is InChI=1S/C13H15ClFNO3/c1-13(2,3)10(12(18)19)16-11(17)8-5-4-7(14)6-9(8)15/h4-6,10H,1-3H3,(H,16,17)(H,18,19)/t10-/m0/s1. The van der Waals surface area contributed by atoms with E-state index in [0.29, 0.717) is 0 Å². The summed E-state index contributed by atoms with van der Waals surface area (Å²) in [6.45, 7) is 5.01. The highest BCUT2D eigenvalue weighted by Crippen LogP contribution is 2.21. The lowest BCUT2D eigenvalue weighted by Gasteiger charge is -2.27. The van der Waals surface area contributed by atoms with Gasteiger partial charge in [0.1, 0.15) is 11.9 Å². The molecule has 1 aromatic carbocycles. The minimum absolute atomic E-state index is 0.166. The number of hydrogen-bond donors (Lipinski definition) is 2. The van der Waals surface area contributed by atoms with Crippen LogP contribution in [0.1, 0.15) is 31.1 Å². The van der Waals surface area contributed by atoms with Crippen molar-refractivity contribution >= 4 is 23.5 Å². The van der Waals surface area contributed by atoms with Gasteiger partial charge in [-0.05, 0) is 23.6 Å². The molecule has 0 unspecified atom stereocenters. The molecule has 1 amide bonds. The minimum Gasteiger partial charge on any atom is -0.480 e. The first kappa shape index (κ1) is 15.4. The van der Waals surface area contributed by atoms with Crippen LogP contribution >= 0.6 is 11.6 Å². The Labute approximate surface area is 115 Å². The van der Waals surface area contributed by atoms with Crippen molar-refractivity contribution in [3.8, 4) is 0 Å². The summed E-state index contributed by atoms with van der Waals surface area (Å²) in [5, 5.41) is 11.6. The highest BCUT2D eigenvalue weighted by atomic mass is 35.5. The molecule has 0 aromatic heterocycles. The van der Waals surface area contributed by atoms with Crippen LogP contribution in [0.4, 0.5) is 4.39 Å². The van der Waals surface area contributed by atoms with E-state index in [0.717, 1.165) is 6.07 Å². The van der Waals surface area contributed by atoms with E-state index in [1.165, 1.54) is 12.1 Å². The van der Waals surface area contributed by atoms with Gasteiger partial charge in [0.05, 0.1) is 5.56 Å². The van der Waals surface area contributed by atoms with E-state index in [-0.39, 0.29) is 10.6 Å². The average molecular weight is 288 g/mol. The van der Waals surface area contributed by atoms with Crippen molar-refractivity contribution in [3.05, 3.63) is 34.6 Å². The molecule has 0 spiro atoms. The van der Waals surface area contributed by atoms with Crippen molar-refractivity contribution in [1.82, 2.24) is 5.32 Å². The van der Waals surface area contributed by atoms with Gasteiger partial charge in [-0.3, -0.25) is 4.79 Å². The summed E-state index contributed by atoms with van der Waals surface area (Å²) in [6.07, 6.45) is 0. The summed E-state index contributed by atoms with van der Waals surface area (Å²) in [4.78, 5) is 23.0. The smallest absolute Gasteiger partial charge is 0.326 e. The topological polar surface area (TPSA) is 66.4 Å². The molecule has 104 valence electrons. The molecule has 0 fully saturated rings. The lowest BCUT2D eigenvalue weighted by atomic mass is 9.86. The SMILES string of the molecule is CC(C)(C)[C@@H](NC(=O)c1ccc(Cl)cc1F)C(=O)O.